The molecule has 44 heavy (non-hydrogen) atoms. The van der Waals surface area contributed by atoms with Crippen molar-refractivity contribution in [2.45, 2.75) is 90.4 Å². The number of anilines is 1. The van der Waals surface area contributed by atoms with Gasteiger partial charge in [-0.25, -0.2) is 23.0 Å². The van der Waals surface area contributed by atoms with Crippen LogP contribution in [0.15, 0.2) is 35.4 Å². The van der Waals surface area contributed by atoms with Gasteiger partial charge in [0.05, 0.1) is 38.5 Å². The minimum absolute atomic E-state index is 0.00219. The van der Waals surface area contributed by atoms with Crippen LogP contribution >= 0.6 is 22.9 Å². The van der Waals surface area contributed by atoms with Crippen LogP contribution in [0.4, 0.5) is 9.93 Å². The second-order valence-corrected chi connectivity index (χ2v) is 15.6. The van der Waals surface area contributed by atoms with Gasteiger partial charge in [-0.1, -0.05) is 35.6 Å². The number of carbonyl (C=O) groups excluding carboxylic acids is 3. The number of sulfone groups is 1. The summed E-state index contributed by atoms with van der Waals surface area (Å²) in [5.74, 6) is -0.903. The van der Waals surface area contributed by atoms with E-state index in [0.29, 0.717) is 21.3 Å². The van der Waals surface area contributed by atoms with Crippen LogP contribution in [0.25, 0.3) is 10.4 Å². The Morgan fingerprint density at radius 1 is 1.14 bits per heavy atom. The first-order valence-corrected chi connectivity index (χ1v) is 16.9. The second-order valence-electron chi connectivity index (χ2n) is 12.2. The minimum Gasteiger partial charge on any atom is -0.458 e. The average Bonchev–Trinajstić information content (AvgIpc) is 3.19. The number of esters is 1. The number of allylic oxidation sites excluding steroid dienone is 1. The molecular formula is C30H42ClN3O8S2. The Bertz CT molecular complexity index is 1490. The molecule has 2 amide bonds. The summed E-state index contributed by atoms with van der Waals surface area (Å²) >= 11 is 7.27. The topological polar surface area (TPSA) is 141 Å². The summed E-state index contributed by atoms with van der Waals surface area (Å²) < 4.78 is 40.9. The molecule has 0 aliphatic rings. The van der Waals surface area contributed by atoms with E-state index in [0.717, 1.165) is 6.26 Å². The Kier molecular flexibility index (Phi) is 12.6. The van der Waals surface area contributed by atoms with E-state index in [1.54, 1.807) is 33.8 Å². The van der Waals surface area contributed by atoms with Crippen molar-refractivity contribution in [1.29, 1.82) is 0 Å². The largest absolute Gasteiger partial charge is 0.458 e. The predicted molar refractivity (Wildman–Crippen MR) is 172 cm³/mol. The number of hydrogen-bond donors (Lipinski definition) is 1. The van der Waals surface area contributed by atoms with E-state index in [1.165, 1.54) is 35.3 Å². The lowest BCUT2D eigenvalue weighted by molar-refractivity contribution is -0.165. The van der Waals surface area contributed by atoms with E-state index < -0.39 is 39.1 Å². The van der Waals surface area contributed by atoms with Gasteiger partial charge in [0.15, 0.2) is 21.0 Å². The van der Waals surface area contributed by atoms with Crippen molar-refractivity contribution in [1.82, 2.24) is 9.88 Å². The van der Waals surface area contributed by atoms with E-state index in [2.05, 4.69) is 16.9 Å². The summed E-state index contributed by atoms with van der Waals surface area (Å²) in [4.78, 5) is 45.4. The zero-order valence-electron chi connectivity index (χ0n) is 26.7. The van der Waals surface area contributed by atoms with Crippen LogP contribution < -0.4 is 5.32 Å². The quantitative estimate of drug-likeness (QED) is 0.201. The molecule has 2 aromatic rings. The van der Waals surface area contributed by atoms with Gasteiger partial charge in [0, 0.05) is 19.2 Å². The number of aromatic nitrogens is 1. The summed E-state index contributed by atoms with van der Waals surface area (Å²) in [5, 5.41) is 3.19. The van der Waals surface area contributed by atoms with E-state index in [1.807, 2.05) is 20.8 Å². The molecule has 11 nitrogen and oxygen atoms in total. The van der Waals surface area contributed by atoms with Crippen molar-refractivity contribution in [2.24, 2.45) is 0 Å². The van der Waals surface area contributed by atoms with Crippen molar-refractivity contribution in [2.75, 3.05) is 24.7 Å². The van der Waals surface area contributed by atoms with Crippen LogP contribution in [-0.2, 0) is 33.6 Å². The monoisotopic (exact) mass is 671 g/mol. The number of halogens is 1. The molecule has 0 aliphatic heterocycles. The first-order valence-electron chi connectivity index (χ1n) is 13.9. The molecule has 0 bridgehead atoms. The van der Waals surface area contributed by atoms with Crippen molar-refractivity contribution >= 4 is 55.9 Å². The number of benzene rings is 1. The number of ether oxygens (including phenoxy) is 3. The van der Waals surface area contributed by atoms with Crippen molar-refractivity contribution < 1.29 is 37.0 Å². The van der Waals surface area contributed by atoms with Crippen LogP contribution in [-0.4, -0.2) is 72.9 Å². The number of hydrogen-bond acceptors (Lipinski definition) is 10. The van der Waals surface area contributed by atoms with Crippen LogP contribution in [0.5, 0.6) is 0 Å². The fourth-order valence-corrected chi connectivity index (χ4v) is 6.08. The summed E-state index contributed by atoms with van der Waals surface area (Å²) in [7, 11) is -3.55. The van der Waals surface area contributed by atoms with E-state index in [-0.39, 0.29) is 47.6 Å². The fraction of sp³-hybridized carbons (Fsp3) is 0.533. The second kappa shape index (κ2) is 14.9. The van der Waals surface area contributed by atoms with Gasteiger partial charge in [0.1, 0.15) is 5.60 Å². The molecule has 1 atom stereocenters. The standard InChI is InChI=1S/C30H42ClN3O8S2/c1-18(2)41-28(37)34(22(17-40-29(4,5)6)26(36)42-30(7,8)9)15-11-12-24(35)33-27-32-19(3)25(43-27)20-13-14-21(31)23(16-20)44(10,38)39/h13-14,16,22H,1,11-12,15,17H2,2-10H3,(H,32,33,35)/t22-/m0/s1. The molecule has 2 rings (SSSR count). The Morgan fingerprint density at radius 3 is 2.32 bits per heavy atom. The third-order valence-electron chi connectivity index (χ3n) is 5.66. The molecule has 1 N–H and O–H groups in total. The molecule has 1 aromatic carbocycles. The van der Waals surface area contributed by atoms with Crippen LogP contribution in [0.2, 0.25) is 5.02 Å². The van der Waals surface area contributed by atoms with Crippen LogP contribution in [0.1, 0.15) is 67.0 Å². The highest BCUT2D eigenvalue weighted by Gasteiger charge is 2.36. The molecule has 0 saturated carbocycles. The van der Waals surface area contributed by atoms with Crippen LogP contribution in [0.3, 0.4) is 0 Å². The Labute approximate surface area is 268 Å². The molecule has 0 aliphatic carbocycles. The molecule has 0 spiro atoms. The molecule has 0 saturated heterocycles. The van der Waals surface area contributed by atoms with Gasteiger partial charge >= 0.3 is 12.1 Å². The lowest BCUT2D eigenvalue weighted by Gasteiger charge is -2.33. The molecule has 0 radical (unpaired) electrons. The minimum atomic E-state index is -3.55. The van der Waals surface area contributed by atoms with Gasteiger partial charge in [-0.2, -0.15) is 0 Å². The number of amides is 2. The van der Waals surface area contributed by atoms with Crippen molar-refractivity contribution in [3.05, 3.63) is 41.3 Å². The molecule has 244 valence electrons. The lowest BCUT2D eigenvalue weighted by Crippen LogP contribution is -2.51. The zero-order valence-corrected chi connectivity index (χ0v) is 29.1. The summed E-state index contributed by atoms with van der Waals surface area (Å²) in [5.41, 5.74) is -0.223. The Balaban J connectivity index is 2.20. The highest BCUT2D eigenvalue weighted by molar-refractivity contribution is 7.90. The number of rotatable bonds is 12. The SMILES string of the molecule is C=C(C)OC(=O)N(CCCC(=O)Nc1nc(C)c(-c2ccc(Cl)c(S(C)(=O)=O)c2)s1)[C@@H](COC(C)(C)C)C(=O)OC(C)(C)C. The maximum absolute atomic E-state index is 13.2. The fourth-order valence-electron chi connectivity index (χ4n) is 3.80. The van der Waals surface area contributed by atoms with Crippen LogP contribution in [0, 0.1) is 6.92 Å². The highest BCUT2D eigenvalue weighted by Crippen LogP contribution is 2.35. The predicted octanol–water partition coefficient (Wildman–Crippen LogP) is 6.39. The van der Waals surface area contributed by atoms with Gasteiger partial charge in [0.2, 0.25) is 5.91 Å². The van der Waals surface area contributed by atoms with E-state index in [9.17, 15) is 22.8 Å². The lowest BCUT2D eigenvalue weighted by atomic mass is 10.1. The van der Waals surface area contributed by atoms with E-state index in [4.69, 9.17) is 25.8 Å². The Hall–Kier alpha value is -3.00. The smallest absolute Gasteiger partial charge is 0.415 e. The summed E-state index contributed by atoms with van der Waals surface area (Å²) in [6, 6.07) is 3.54. The first-order chi connectivity index (χ1) is 20.1. The number of carbonyl (C=O) groups is 3. The Morgan fingerprint density at radius 2 is 1.77 bits per heavy atom. The van der Waals surface area contributed by atoms with Gasteiger partial charge in [-0.05, 0) is 79.5 Å². The first kappa shape index (κ1) is 37.2. The molecule has 0 fully saturated rings. The van der Waals surface area contributed by atoms with Crippen molar-refractivity contribution in [3.8, 4) is 10.4 Å². The molecular weight excluding hydrogens is 630 g/mol. The molecule has 1 aromatic heterocycles. The maximum Gasteiger partial charge on any atom is 0.415 e. The third-order valence-corrected chi connectivity index (χ3v) is 8.36. The van der Waals surface area contributed by atoms with Gasteiger partial charge in [0.25, 0.3) is 0 Å². The number of thiazole rings is 1. The van der Waals surface area contributed by atoms with Gasteiger partial charge < -0.3 is 19.5 Å². The van der Waals surface area contributed by atoms with E-state index >= 15 is 0 Å². The van der Waals surface area contributed by atoms with Gasteiger partial charge in [-0.15, -0.1) is 0 Å². The summed E-state index contributed by atoms with van der Waals surface area (Å²) in [6.07, 6.45) is 0.432. The van der Waals surface area contributed by atoms with Gasteiger partial charge in [-0.3, -0.25) is 9.69 Å². The number of nitrogens with zero attached hydrogens (tertiary/aromatic N) is 2. The van der Waals surface area contributed by atoms with Crippen molar-refractivity contribution in [3.63, 3.8) is 0 Å². The normalized spacial score (nSPS) is 12.8. The maximum atomic E-state index is 13.2. The number of nitrogens with one attached hydrogen (secondary N) is 1. The zero-order chi connectivity index (χ0) is 33.6. The molecule has 0 unspecified atom stereocenters. The third kappa shape index (κ3) is 11.8. The molecule has 14 heteroatoms. The average molecular weight is 672 g/mol. The summed E-state index contributed by atoms with van der Waals surface area (Å²) in [6.45, 7) is 17.3. The molecule has 1 heterocycles. The number of aryl methyl sites for hydroxylation is 1. The highest BCUT2D eigenvalue weighted by atomic mass is 35.5.